The van der Waals surface area contributed by atoms with Crippen molar-refractivity contribution >= 4 is 23.5 Å². The normalized spacial score (nSPS) is 10.1. The van der Waals surface area contributed by atoms with Crippen LogP contribution in [0, 0.1) is 6.92 Å². The van der Waals surface area contributed by atoms with Crippen LogP contribution >= 0.6 is 11.6 Å². The average molecular weight is 237 g/mol. The lowest BCUT2D eigenvalue weighted by Gasteiger charge is -2.00. The van der Waals surface area contributed by atoms with E-state index < -0.39 is 0 Å². The standard InChI is InChI=1S/C10H9ClN4O/c1-6-12-10(15-14-6)13-9(16)7-3-2-4-8(11)5-7/h2-5H,1H3,(H2,12,13,14,15,16). The van der Waals surface area contributed by atoms with E-state index in [2.05, 4.69) is 20.5 Å². The number of benzene rings is 1. The van der Waals surface area contributed by atoms with Gasteiger partial charge in [-0.1, -0.05) is 17.7 Å². The Morgan fingerprint density at radius 1 is 1.50 bits per heavy atom. The number of rotatable bonds is 2. The molecule has 0 unspecified atom stereocenters. The monoisotopic (exact) mass is 236 g/mol. The summed E-state index contributed by atoms with van der Waals surface area (Å²) in [6.45, 7) is 1.75. The molecule has 0 aliphatic rings. The molecule has 0 bridgehead atoms. The van der Waals surface area contributed by atoms with Crippen molar-refractivity contribution in [3.05, 3.63) is 40.7 Å². The molecule has 1 aromatic carbocycles. The first kappa shape index (κ1) is 10.6. The van der Waals surface area contributed by atoms with E-state index in [0.29, 0.717) is 16.4 Å². The molecule has 0 radical (unpaired) electrons. The van der Waals surface area contributed by atoms with Gasteiger partial charge in [-0.15, -0.1) is 5.10 Å². The van der Waals surface area contributed by atoms with Gasteiger partial charge in [0.1, 0.15) is 5.82 Å². The average Bonchev–Trinajstić information content (AvgIpc) is 2.64. The largest absolute Gasteiger partial charge is 0.289 e. The van der Waals surface area contributed by atoms with Gasteiger partial charge in [-0.05, 0) is 25.1 Å². The van der Waals surface area contributed by atoms with Crippen LogP contribution in [0.5, 0.6) is 0 Å². The minimum absolute atomic E-state index is 0.252. The number of anilines is 1. The van der Waals surface area contributed by atoms with E-state index in [1.807, 2.05) is 0 Å². The first-order valence-corrected chi connectivity index (χ1v) is 4.99. The van der Waals surface area contributed by atoms with E-state index in [0.717, 1.165) is 0 Å². The van der Waals surface area contributed by atoms with Crippen LogP contribution in [0.3, 0.4) is 0 Å². The number of H-pyrrole nitrogens is 1. The first-order chi connectivity index (χ1) is 7.65. The molecule has 0 fully saturated rings. The molecule has 1 amide bonds. The summed E-state index contributed by atoms with van der Waals surface area (Å²) in [5, 5.41) is 9.51. The highest BCUT2D eigenvalue weighted by atomic mass is 35.5. The zero-order valence-corrected chi connectivity index (χ0v) is 9.25. The molecule has 5 nitrogen and oxygen atoms in total. The third kappa shape index (κ3) is 2.38. The van der Waals surface area contributed by atoms with Gasteiger partial charge in [-0.3, -0.25) is 15.2 Å². The lowest BCUT2D eigenvalue weighted by Crippen LogP contribution is -2.12. The second-order valence-electron chi connectivity index (χ2n) is 3.21. The SMILES string of the molecule is Cc1nc(NC(=O)c2cccc(Cl)c2)n[nH]1. The molecule has 2 rings (SSSR count). The molecule has 0 aliphatic carbocycles. The fourth-order valence-corrected chi connectivity index (χ4v) is 1.39. The summed E-state index contributed by atoms with van der Waals surface area (Å²) in [4.78, 5) is 15.7. The molecule has 16 heavy (non-hydrogen) atoms. The molecule has 6 heteroatoms. The molecule has 1 heterocycles. The maximum atomic E-state index is 11.7. The van der Waals surface area contributed by atoms with Gasteiger partial charge in [0.15, 0.2) is 0 Å². The van der Waals surface area contributed by atoms with Gasteiger partial charge in [0.2, 0.25) is 5.95 Å². The summed E-state index contributed by atoms with van der Waals surface area (Å²) >= 11 is 5.78. The summed E-state index contributed by atoms with van der Waals surface area (Å²) in [6.07, 6.45) is 0. The third-order valence-corrected chi connectivity index (χ3v) is 2.14. The van der Waals surface area contributed by atoms with Crippen molar-refractivity contribution in [2.45, 2.75) is 6.92 Å². The molecular formula is C10H9ClN4O. The Morgan fingerprint density at radius 2 is 2.31 bits per heavy atom. The second-order valence-corrected chi connectivity index (χ2v) is 3.65. The van der Waals surface area contributed by atoms with E-state index in [4.69, 9.17) is 11.6 Å². The van der Waals surface area contributed by atoms with Gasteiger partial charge < -0.3 is 0 Å². The Hall–Kier alpha value is -1.88. The number of halogens is 1. The number of carbonyl (C=O) groups excluding carboxylic acids is 1. The number of hydrogen-bond donors (Lipinski definition) is 2. The predicted molar refractivity (Wildman–Crippen MR) is 60.5 cm³/mol. The second kappa shape index (κ2) is 4.32. The highest BCUT2D eigenvalue weighted by molar-refractivity contribution is 6.31. The molecule has 2 N–H and O–H groups in total. The highest BCUT2D eigenvalue weighted by Gasteiger charge is 2.08. The number of nitrogens with zero attached hydrogens (tertiary/aromatic N) is 2. The van der Waals surface area contributed by atoms with Crippen LogP contribution in [-0.2, 0) is 0 Å². The maximum absolute atomic E-state index is 11.7. The van der Waals surface area contributed by atoms with Gasteiger partial charge in [-0.25, -0.2) is 0 Å². The fourth-order valence-electron chi connectivity index (χ4n) is 1.20. The minimum atomic E-state index is -0.290. The van der Waals surface area contributed by atoms with Crippen LogP contribution in [0.25, 0.3) is 0 Å². The van der Waals surface area contributed by atoms with Crippen molar-refractivity contribution in [2.75, 3.05) is 5.32 Å². The zero-order chi connectivity index (χ0) is 11.5. The smallest absolute Gasteiger partial charge is 0.258 e. The van der Waals surface area contributed by atoms with E-state index in [9.17, 15) is 4.79 Å². The lowest BCUT2D eigenvalue weighted by atomic mass is 10.2. The molecule has 2 aromatic rings. The van der Waals surface area contributed by atoms with Crippen molar-refractivity contribution in [3.63, 3.8) is 0 Å². The number of aryl methyl sites for hydroxylation is 1. The van der Waals surface area contributed by atoms with Gasteiger partial charge in [-0.2, -0.15) is 4.98 Å². The van der Waals surface area contributed by atoms with Crippen molar-refractivity contribution in [2.24, 2.45) is 0 Å². The van der Waals surface area contributed by atoms with Crippen LogP contribution in [0.2, 0.25) is 5.02 Å². The lowest BCUT2D eigenvalue weighted by molar-refractivity contribution is 0.102. The Labute approximate surface area is 96.8 Å². The van der Waals surface area contributed by atoms with Crippen molar-refractivity contribution in [1.29, 1.82) is 0 Å². The topological polar surface area (TPSA) is 70.7 Å². The number of hydrogen-bond acceptors (Lipinski definition) is 3. The number of nitrogens with one attached hydrogen (secondary N) is 2. The summed E-state index contributed by atoms with van der Waals surface area (Å²) in [6, 6.07) is 6.66. The number of aromatic nitrogens is 3. The maximum Gasteiger partial charge on any atom is 0.258 e. The summed E-state index contributed by atoms with van der Waals surface area (Å²) in [7, 11) is 0. The molecule has 82 valence electrons. The summed E-state index contributed by atoms with van der Waals surface area (Å²) < 4.78 is 0. The Balaban J connectivity index is 2.14. The van der Waals surface area contributed by atoms with E-state index in [1.54, 1.807) is 31.2 Å². The fraction of sp³-hybridized carbons (Fsp3) is 0.100. The van der Waals surface area contributed by atoms with E-state index >= 15 is 0 Å². The Morgan fingerprint density at radius 3 is 2.94 bits per heavy atom. The number of amides is 1. The molecule has 1 aromatic heterocycles. The highest BCUT2D eigenvalue weighted by Crippen LogP contribution is 2.11. The third-order valence-electron chi connectivity index (χ3n) is 1.91. The predicted octanol–water partition coefficient (Wildman–Crippen LogP) is 2.02. The minimum Gasteiger partial charge on any atom is -0.289 e. The molecule has 0 atom stereocenters. The van der Waals surface area contributed by atoms with E-state index in [1.165, 1.54) is 0 Å². The summed E-state index contributed by atoms with van der Waals surface area (Å²) in [5.41, 5.74) is 0.468. The summed E-state index contributed by atoms with van der Waals surface area (Å²) in [5.74, 6) is 0.602. The Bertz CT molecular complexity index is 523. The quantitative estimate of drug-likeness (QED) is 0.838. The van der Waals surface area contributed by atoms with E-state index in [-0.39, 0.29) is 11.9 Å². The van der Waals surface area contributed by atoms with Crippen LogP contribution in [0.4, 0.5) is 5.95 Å². The van der Waals surface area contributed by atoms with Crippen LogP contribution < -0.4 is 5.32 Å². The van der Waals surface area contributed by atoms with Gasteiger partial charge in [0.25, 0.3) is 5.91 Å². The molecule has 0 spiro atoms. The van der Waals surface area contributed by atoms with Gasteiger partial charge in [0.05, 0.1) is 0 Å². The van der Waals surface area contributed by atoms with Crippen LogP contribution in [0.15, 0.2) is 24.3 Å². The zero-order valence-electron chi connectivity index (χ0n) is 8.49. The van der Waals surface area contributed by atoms with Crippen LogP contribution in [-0.4, -0.2) is 21.1 Å². The molecule has 0 aliphatic heterocycles. The van der Waals surface area contributed by atoms with Gasteiger partial charge in [0, 0.05) is 10.6 Å². The van der Waals surface area contributed by atoms with Crippen LogP contribution in [0.1, 0.15) is 16.2 Å². The molecule has 0 saturated heterocycles. The Kier molecular flexibility index (Phi) is 2.87. The molecular weight excluding hydrogens is 228 g/mol. The number of carbonyl (C=O) groups is 1. The van der Waals surface area contributed by atoms with Crippen molar-refractivity contribution < 1.29 is 4.79 Å². The number of aromatic amines is 1. The van der Waals surface area contributed by atoms with Crippen molar-refractivity contribution in [3.8, 4) is 0 Å². The molecule has 0 saturated carbocycles. The van der Waals surface area contributed by atoms with Gasteiger partial charge >= 0.3 is 0 Å². The van der Waals surface area contributed by atoms with Crippen molar-refractivity contribution in [1.82, 2.24) is 15.2 Å². The first-order valence-electron chi connectivity index (χ1n) is 4.61.